The highest BCUT2D eigenvalue weighted by atomic mass is 32.1. The zero-order valence-electron chi connectivity index (χ0n) is 6.30. The van der Waals surface area contributed by atoms with Crippen molar-refractivity contribution in [2.45, 2.75) is 12.5 Å². The summed E-state index contributed by atoms with van der Waals surface area (Å²) in [5.41, 5.74) is -0.789. The van der Waals surface area contributed by atoms with Crippen LogP contribution in [0.4, 0.5) is 0 Å². The first-order valence-electron chi connectivity index (χ1n) is 3.30. The summed E-state index contributed by atoms with van der Waals surface area (Å²) >= 11 is 4.01. The number of aliphatic hydroxyl groups is 1. The van der Waals surface area contributed by atoms with E-state index in [0.29, 0.717) is 6.54 Å². The lowest BCUT2D eigenvalue weighted by atomic mass is 10.1. The molecule has 0 aliphatic heterocycles. The largest absolute Gasteiger partial charge is 0.385 e. The summed E-state index contributed by atoms with van der Waals surface area (Å²) in [6, 6.07) is 0. The Labute approximate surface area is 67.7 Å². The summed E-state index contributed by atoms with van der Waals surface area (Å²) in [6.45, 7) is 6.57. The first-order valence-corrected chi connectivity index (χ1v) is 3.93. The first kappa shape index (κ1) is 10.0. The molecule has 0 heterocycles. The van der Waals surface area contributed by atoms with Crippen LogP contribution in [0.15, 0.2) is 12.7 Å². The standard InChI is InChI=1S/C7H15NOS/c1-3-7(2,9)6-8-4-5-10/h3,8-10H,1,4-6H2,2H3. The van der Waals surface area contributed by atoms with Gasteiger partial charge in [-0.25, -0.2) is 0 Å². The van der Waals surface area contributed by atoms with E-state index in [9.17, 15) is 5.11 Å². The van der Waals surface area contributed by atoms with Crippen molar-refractivity contribution in [3.05, 3.63) is 12.7 Å². The van der Waals surface area contributed by atoms with Gasteiger partial charge in [-0.2, -0.15) is 12.6 Å². The third-order valence-corrected chi connectivity index (χ3v) is 1.43. The minimum Gasteiger partial charge on any atom is -0.385 e. The Bertz CT molecular complexity index is 104. The summed E-state index contributed by atoms with van der Waals surface area (Å²) in [5, 5.41) is 12.4. The molecule has 3 heteroatoms. The van der Waals surface area contributed by atoms with Gasteiger partial charge in [0.2, 0.25) is 0 Å². The minimum absolute atomic E-state index is 0.539. The average molecular weight is 161 g/mol. The van der Waals surface area contributed by atoms with E-state index in [2.05, 4.69) is 24.5 Å². The van der Waals surface area contributed by atoms with Crippen LogP contribution in [0.1, 0.15) is 6.92 Å². The van der Waals surface area contributed by atoms with E-state index < -0.39 is 5.60 Å². The van der Waals surface area contributed by atoms with Crippen LogP contribution in [-0.2, 0) is 0 Å². The van der Waals surface area contributed by atoms with Crippen molar-refractivity contribution in [1.29, 1.82) is 0 Å². The van der Waals surface area contributed by atoms with Crippen LogP contribution in [-0.4, -0.2) is 29.5 Å². The lowest BCUT2D eigenvalue weighted by Gasteiger charge is -2.18. The molecular formula is C7H15NOS. The van der Waals surface area contributed by atoms with E-state index in [-0.39, 0.29) is 0 Å². The van der Waals surface area contributed by atoms with Gasteiger partial charge in [-0.3, -0.25) is 0 Å². The molecule has 2 N–H and O–H groups in total. The predicted molar refractivity (Wildman–Crippen MR) is 47.5 cm³/mol. The molecule has 2 nitrogen and oxygen atoms in total. The molecule has 1 unspecified atom stereocenters. The van der Waals surface area contributed by atoms with Crippen LogP contribution in [0.2, 0.25) is 0 Å². The van der Waals surface area contributed by atoms with Crippen molar-refractivity contribution in [3.8, 4) is 0 Å². The molecule has 0 aromatic heterocycles. The molecule has 0 radical (unpaired) electrons. The smallest absolute Gasteiger partial charge is 0.0920 e. The third-order valence-electron chi connectivity index (χ3n) is 1.21. The molecule has 0 aliphatic rings. The molecule has 10 heavy (non-hydrogen) atoms. The SMILES string of the molecule is C=CC(C)(O)CNCCS. The van der Waals surface area contributed by atoms with E-state index in [4.69, 9.17) is 0 Å². The Kier molecular flexibility index (Phi) is 4.77. The van der Waals surface area contributed by atoms with Gasteiger partial charge in [-0.15, -0.1) is 6.58 Å². The number of nitrogens with one attached hydrogen (secondary N) is 1. The van der Waals surface area contributed by atoms with Gasteiger partial charge in [0.05, 0.1) is 5.60 Å². The van der Waals surface area contributed by atoms with Gasteiger partial charge in [0.1, 0.15) is 0 Å². The molecule has 0 aromatic carbocycles. The second kappa shape index (κ2) is 4.77. The monoisotopic (exact) mass is 161 g/mol. The molecule has 0 saturated carbocycles. The fraction of sp³-hybridized carbons (Fsp3) is 0.714. The molecule has 0 aromatic rings. The van der Waals surface area contributed by atoms with E-state index in [1.165, 1.54) is 6.08 Å². The van der Waals surface area contributed by atoms with Crippen LogP contribution in [0.5, 0.6) is 0 Å². The van der Waals surface area contributed by atoms with Crippen molar-refractivity contribution in [2.24, 2.45) is 0 Å². The quantitative estimate of drug-likeness (QED) is 0.311. The van der Waals surface area contributed by atoms with Crippen LogP contribution >= 0.6 is 12.6 Å². The van der Waals surface area contributed by atoms with Gasteiger partial charge in [-0.05, 0) is 6.92 Å². The summed E-state index contributed by atoms with van der Waals surface area (Å²) in [6.07, 6.45) is 1.53. The predicted octanol–water partition coefficient (Wildman–Crippen LogP) is 0.443. The summed E-state index contributed by atoms with van der Waals surface area (Å²) < 4.78 is 0. The second-order valence-corrected chi connectivity index (χ2v) is 2.91. The van der Waals surface area contributed by atoms with Gasteiger partial charge in [-0.1, -0.05) is 6.08 Å². The minimum atomic E-state index is -0.789. The highest BCUT2D eigenvalue weighted by molar-refractivity contribution is 7.80. The fourth-order valence-electron chi connectivity index (χ4n) is 0.493. The molecule has 0 bridgehead atoms. The molecule has 0 amide bonds. The van der Waals surface area contributed by atoms with Crippen molar-refractivity contribution >= 4 is 12.6 Å². The number of hydrogen-bond donors (Lipinski definition) is 3. The molecular weight excluding hydrogens is 146 g/mol. The van der Waals surface area contributed by atoms with E-state index in [1.807, 2.05) is 0 Å². The molecule has 0 spiro atoms. The van der Waals surface area contributed by atoms with E-state index in [1.54, 1.807) is 6.92 Å². The Morgan fingerprint density at radius 2 is 2.40 bits per heavy atom. The van der Waals surface area contributed by atoms with Crippen LogP contribution in [0.25, 0.3) is 0 Å². The molecule has 1 atom stereocenters. The topological polar surface area (TPSA) is 32.3 Å². The van der Waals surface area contributed by atoms with Gasteiger partial charge in [0.25, 0.3) is 0 Å². The summed E-state index contributed by atoms with van der Waals surface area (Å²) in [4.78, 5) is 0. The fourth-order valence-corrected chi connectivity index (χ4v) is 0.651. The highest BCUT2D eigenvalue weighted by Crippen LogP contribution is 2.00. The van der Waals surface area contributed by atoms with Crippen LogP contribution in [0.3, 0.4) is 0 Å². The zero-order valence-corrected chi connectivity index (χ0v) is 7.19. The maximum Gasteiger partial charge on any atom is 0.0920 e. The van der Waals surface area contributed by atoms with E-state index >= 15 is 0 Å². The van der Waals surface area contributed by atoms with Crippen LogP contribution in [0, 0.1) is 0 Å². The van der Waals surface area contributed by atoms with Crippen molar-refractivity contribution in [3.63, 3.8) is 0 Å². The maximum atomic E-state index is 9.34. The Morgan fingerprint density at radius 1 is 1.80 bits per heavy atom. The maximum absolute atomic E-state index is 9.34. The van der Waals surface area contributed by atoms with Gasteiger partial charge >= 0.3 is 0 Å². The van der Waals surface area contributed by atoms with E-state index in [0.717, 1.165) is 12.3 Å². The number of rotatable bonds is 5. The number of thiol groups is 1. The van der Waals surface area contributed by atoms with Gasteiger partial charge in [0, 0.05) is 18.8 Å². The summed E-state index contributed by atoms with van der Waals surface area (Å²) in [5.74, 6) is 0.785. The zero-order chi connectivity index (χ0) is 8.04. The highest BCUT2D eigenvalue weighted by Gasteiger charge is 2.12. The van der Waals surface area contributed by atoms with Gasteiger partial charge in [0.15, 0.2) is 0 Å². The van der Waals surface area contributed by atoms with Crippen molar-refractivity contribution in [1.82, 2.24) is 5.32 Å². The molecule has 0 saturated heterocycles. The van der Waals surface area contributed by atoms with Gasteiger partial charge < -0.3 is 10.4 Å². The number of hydrogen-bond acceptors (Lipinski definition) is 3. The summed E-state index contributed by atoms with van der Waals surface area (Å²) in [7, 11) is 0. The normalized spacial score (nSPS) is 16.3. The lowest BCUT2D eigenvalue weighted by Crippen LogP contribution is -2.36. The van der Waals surface area contributed by atoms with Crippen molar-refractivity contribution in [2.75, 3.05) is 18.8 Å². The second-order valence-electron chi connectivity index (χ2n) is 2.46. The lowest BCUT2D eigenvalue weighted by molar-refractivity contribution is 0.111. The van der Waals surface area contributed by atoms with Crippen molar-refractivity contribution < 1.29 is 5.11 Å². The molecule has 0 aliphatic carbocycles. The third kappa shape index (κ3) is 4.85. The average Bonchev–Trinajstić information content (AvgIpc) is 1.89. The molecule has 60 valence electrons. The van der Waals surface area contributed by atoms with Crippen LogP contribution < -0.4 is 5.32 Å². The molecule has 0 fully saturated rings. The molecule has 0 rings (SSSR count). The Hall–Kier alpha value is 0.0100. The Morgan fingerprint density at radius 3 is 2.80 bits per heavy atom. The first-order chi connectivity index (χ1) is 4.62. The Balaban J connectivity index is 3.37.